The summed E-state index contributed by atoms with van der Waals surface area (Å²) in [6, 6.07) is 10.00. The van der Waals surface area contributed by atoms with Crippen LogP contribution in [0.1, 0.15) is 5.56 Å². The van der Waals surface area contributed by atoms with Crippen LogP contribution in [0.5, 0.6) is 5.75 Å². The molecule has 0 aliphatic rings. The Balaban J connectivity index is 2.16. The van der Waals surface area contributed by atoms with Crippen molar-refractivity contribution in [3.8, 4) is 5.75 Å². The first-order valence-electron chi connectivity index (χ1n) is 5.83. The lowest BCUT2D eigenvalue weighted by atomic mass is 10.2. The molecule has 0 radical (unpaired) electrons. The molecule has 0 aliphatic carbocycles. The first-order chi connectivity index (χ1) is 9.45. The quantitative estimate of drug-likeness (QED) is 0.792. The summed E-state index contributed by atoms with van der Waals surface area (Å²) in [6.45, 7) is -0.908. The Kier molecular flexibility index (Phi) is 4.44. The van der Waals surface area contributed by atoms with Crippen LogP contribution in [-0.2, 0) is 0 Å². The molecule has 0 fully saturated rings. The maximum atomic E-state index is 12.0. The zero-order chi connectivity index (χ0) is 14.7. The van der Waals surface area contributed by atoms with Crippen molar-refractivity contribution in [2.75, 3.05) is 11.1 Å². The third-order valence-electron chi connectivity index (χ3n) is 2.71. The van der Waals surface area contributed by atoms with E-state index < -0.39 is 6.61 Å². The van der Waals surface area contributed by atoms with Crippen LogP contribution in [0.15, 0.2) is 40.9 Å². The Labute approximate surface area is 123 Å². The molecule has 3 N–H and O–H groups in total. The lowest BCUT2D eigenvalue weighted by molar-refractivity contribution is -0.0498. The smallest absolute Gasteiger partial charge is 0.387 e. The van der Waals surface area contributed by atoms with E-state index in [-0.39, 0.29) is 5.75 Å². The van der Waals surface area contributed by atoms with Gasteiger partial charge >= 0.3 is 6.61 Å². The molecular weight excluding hydrogens is 330 g/mol. The maximum absolute atomic E-state index is 12.0. The van der Waals surface area contributed by atoms with Gasteiger partial charge in [-0.3, -0.25) is 0 Å². The molecule has 0 aromatic heterocycles. The molecule has 0 saturated carbocycles. The lowest BCUT2D eigenvalue weighted by Crippen LogP contribution is -2.01. The molecule has 0 atom stereocenters. The summed E-state index contributed by atoms with van der Waals surface area (Å²) in [7, 11) is 0. The molecular formula is C14H13BrF2N2O. The largest absolute Gasteiger partial charge is 0.435 e. The Bertz CT molecular complexity index is 603. The summed E-state index contributed by atoms with van der Waals surface area (Å²) in [5.74, 6) is 0.123. The van der Waals surface area contributed by atoms with E-state index in [0.717, 1.165) is 21.4 Å². The molecule has 0 unspecified atom stereocenters. The number of rotatable bonds is 4. The highest BCUT2D eigenvalue weighted by Gasteiger charge is 2.06. The summed E-state index contributed by atoms with van der Waals surface area (Å²) in [4.78, 5) is 0. The highest BCUT2D eigenvalue weighted by molar-refractivity contribution is 9.10. The van der Waals surface area contributed by atoms with Crippen molar-refractivity contribution in [1.82, 2.24) is 0 Å². The number of aryl methyl sites for hydroxylation is 1. The fourth-order valence-electron chi connectivity index (χ4n) is 1.67. The van der Waals surface area contributed by atoms with Gasteiger partial charge in [-0.05, 0) is 64.8 Å². The van der Waals surface area contributed by atoms with Crippen molar-refractivity contribution in [1.29, 1.82) is 0 Å². The Hall–Kier alpha value is -1.82. The van der Waals surface area contributed by atoms with Gasteiger partial charge in [-0.15, -0.1) is 0 Å². The highest BCUT2D eigenvalue weighted by atomic mass is 79.9. The maximum Gasteiger partial charge on any atom is 0.387 e. The van der Waals surface area contributed by atoms with Crippen LogP contribution in [-0.4, -0.2) is 6.61 Å². The van der Waals surface area contributed by atoms with Crippen molar-refractivity contribution in [3.05, 3.63) is 46.4 Å². The van der Waals surface area contributed by atoms with Crippen LogP contribution in [0.25, 0.3) is 0 Å². The Morgan fingerprint density at radius 3 is 2.45 bits per heavy atom. The number of hydrogen-bond donors (Lipinski definition) is 2. The van der Waals surface area contributed by atoms with Crippen LogP contribution >= 0.6 is 15.9 Å². The fourth-order valence-corrected chi connectivity index (χ4v) is 2.13. The number of anilines is 3. The van der Waals surface area contributed by atoms with Crippen LogP contribution < -0.4 is 15.8 Å². The second kappa shape index (κ2) is 6.09. The van der Waals surface area contributed by atoms with E-state index in [2.05, 4.69) is 26.0 Å². The van der Waals surface area contributed by atoms with Gasteiger partial charge in [-0.2, -0.15) is 8.78 Å². The molecule has 0 bridgehead atoms. The zero-order valence-electron chi connectivity index (χ0n) is 10.7. The number of nitrogens with one attached hydrogen (secondary N) is 1. The summed E-state index contributed by atoms with van der Waals surface area (Å²) in [5.41, 5.74) is 9.06. The molecule has 6 heteroatoms. The highest BCUT2D eigenvalue weighted by Crippen LogP contribution is 2.30. The fraction of sp³-hybridized carbons (Fsp3) is 0.143. The summed E-state index contributed by atoms with van der Waals surface area (Å²) in [5, 5.41) is 3.18. The summed E-state index contributed by atoms with van der Waals surface area (Å²) in [6.07, 6.45) is 0. The molecule has 106 valence electrons. The topological polar surface area (TPSA) is 47.3 Å². The van der Waals surface area contributed by atoms with E-state index in [0.29, 0.717) is 5.69 Å². The SMILES string of the molecule is Cc1cc(Nc2ccc(OC(F)F)cc2)c(Br)cc1N. The van der Waals surface area contributed by atoms with Gasteiger partial charge in [0.05, 0.1) is 5.69 Å². The number of ether oxygens (including phenoxy) is 1. The number of halogens is 3. The number of alkyl halides is 2. The molecule has 2 rings (SSSR count). The minimum atomic E-state index is -2.82. The molecule has 0 spiro atoms. The molecule has 2 aromatic carbocycles. The molecule has 20 heavy (non-hydrogen) atoms. The minimum Gasteiger partial charge on any atom is -0.435 e. The monoisotopic (exact) mass is 342 g/mol. The molecule has 0 heterocycles. The van der Waals surface area contributed by atoms with Gasteiger partial charge in [-0.1, -0.05) is 0 Å². The Morgan fingerprint density at radius 1 is 1.20 bits per heavy atom. The van der Waals surface area contributed by atoms with E-state index in [9.17, 15) is 8.78 Å². The number of benzene rings is 2. The molecule has 2 aromatic rings. The van der Waals surface area contributed by atoms with E-state index in [1.165, 1.54) is 12.1 Å². The van der Waals surface area contributed by atoms with Crippen LogP contribution in [0.3, 0.4) is 0 Å². The van der Waals surface area contributed by atoms with Gasteiger partial charge in [-0.25, -0.2) is 0 Å². The molecule has 0 saturated heterocycles. The van der Waals surface area contributed by atoms with E-state index in [1.807, 2.05) is 19.1 Å². The third kappa shape index (κ3) is 3.60. The minimum absolute atomic E-state index is 0.123. The van der Waals surface area contributed by atoms with E-state index in [4.69, 9.17) is 5.73 Å². The molecule has 0 aliphatic heterocycles. The van der Waals surface area contributed by atoms with Gasteiger partial charge in [0.15, 0.2) is 0 Å². The molecule has 0 amide bonds. The first kappa shape index (κ1) is 14.6. The second-order valence-corrected chi connectivity index (χ2v) is 5.07. The van der Waals surface area contributed by atoms with E-state index in [1.54, 1.807) is 12.1 Å². The van der Waals surface area contributed by atoms with Crippen molar-refractivity contribution in [2.45, 2.75) is 13.5 Å². The predicted molar refractivity (Wildman–Crippen MR) is 79.6 cm³/mol. The first-order valence-corrected chi connectivity index (χ1v) is 6.62. The van der Waals surface area contributed by atoms with Gasteiger partial charge < -0.3 is 15.8 Å². The van der Waals surface area contributed by atoms with Crippen molar-refractivity contribution in [3.63, 3.8) is 0 Å². The van der Waals surface area contributed by atoms with Gasteiger partial charge in [0.2, 0.25) is 0 Å². The third-order valence-corrected chi connectivity index (χ3v) is 3.37. The normalized spacial score (nSPS) is 10.7. The van der Waals surface area contributed by atoms with Gasteiger partial charge in [0, 0.05) is 15.8 Å². The van der Waals surface area contributed by atoms with Crippen LogP contribution in [0.4, 0.5) is 25.8 Å². The van der Waals surface area contributed by atoms with Crippen LogP contribution in [0.2, 0.25) is 0 Å². The van der Waals surface area contributed by atoms with Crippen LogP contribution in [0, 0.1) is 6.92 Å². The predicted octanol–water partition coefficient (Wildman–Crippen LogP) is 4.68. The number of hydrogen-bond acceptors (Lipinski definition) is 3. The average Bonchev–Trinajstić information content (AvgIpc) is 2.37. The number of nitrogen functional groups attached to an aromatic ring is 1. The summed E-state index contributed by atoms with van der Waals surface area (Å²) >= 11 is 3.42. The summed E-state index contributed by atoms with van der Waals surface area (Å²) < 4.78 is 29.2. The molecule has 3 nitrogen and oxygen atoms in total. The van der Waals surface area contributed by atoms with Crippen molar-refractivity contribution in [2.24, 2.45) is 0 Å². The standard InChI is InChI=1S/C14H13BrF2N2O/c1-8-6-13(11(15)7-12(8)18)19-9-2-4-10(5-3-9)20-14(16)17/h2-7,14,19H,18H2,1H3. The lowest BCUT2D eigenvalue weighted by Gasteiger charge is -2.12. The van der Waals surface area contributed by atoms with E-state index >= 15 is 0 Å². The second-order valence-electron chi connectivity index (χ2n) is 4.22. The number of nitrogens with two attached hydrogens (primary N) is 1. The van der Waals surface area contributed by atoms with Crippen molar-refractivity contribution < 1.29 is 13.5 Å². The average molecular weight is 343 g/mol. The van der Waals surface area contributed by atoms with Gasteiger partial charge in [0.1, 0.15) is 5.75 Å². The zero-order valence-corrected chi connectivity index (χ0v) is 12.2. The Morgan fingerprint density at radius 2 is 1.85 bits per heavy atom. The van der Waals surface area contributed by atoms with Crippen molar-refractivity contribution >= 4 is 33.0 Å². The van der Waals surface area contributed by atoms with Gasteiger partial charge in [0.25, 0.3) is 0 Å².